The molecule has 0 radical (unpaired) electrons. The molecule has 6 nitrogen and oxygen atoms in total. The lowest BCUT2D eigenvalue weighted by atomic mass is 9.92. The summed E-state index contributed by atoms with van der Waals surface area (Å²) < 4.78 is 4.97. The molecule has 0 aromatic heterocycles. The highest BCUT2D eigenvalue weighted by atomic mass is 16.5. The summed E-state index contributed by atoms with van der Waals surface area (Å²) in [6.07, 6.45) is 0. The molecule has 96 valence electrons. The Morgan fingerprint density at radius 1 is 1.50 bits per heavy atom. The van der Waals surface area contributed by atoms with Gasteiger partial charge in [-0.2, -0.15) is 0 Å². The smallest absolute Gasteiger partial charge is 0.240 e. The van der Waals surface area contributed by atoms with E-state index in [-0.39, 0.29) is 12.5 Å². The number of hydrogen-bond donors (Lipinski definition) is 3. The number of nitrogens with two attached hydrogens (primary N) is 1. The molecule has 0 aliphatic carbocycles. The lowest BCUT2D eigenvalue weighted by Crippen LogP contribution is -2.48. The number of nitrogens with one attached hydrogen (secondary N) is 1. The molecule has 0 aromatic carbocycles. The fourth-order valence-electron chi connectivity index (χ4n) is 1.46. The molecule has 0 saturated carbocycles. The number of aliphatic hydroxyl groups is 1. The van der Waals surface area contributed by atoms with E-state index in [9.17, 15) is 4.79 Å². The number of amides is 1. The number of carbonyl (C=O) groups is 1. The first kappa shape index (κ1) is 15.3. The average molecular weight is 233 g/mol. The molecule has 0 aliphatic rings. The number of nitrogens with zero attached hydrogens (tertiary/aromatic N) is 1. The highest BCUT2D eigenvalue weighted by Crippen LogP contribution is 2.16. The quantitative estimate of drug-likeness (QED) is 0.283. The molecule has 0 atom stereocenters. The van der Waals surface area contributed by atoms with Crippen LogP contribution in [0.2, 0.25) is 0 Å². The minimum atomic E-state index is -0.586. The first-order chi connectivity index (χ1) is 7.47. The molecule has 0 saturated heterocycles. The van der Waals surface area contributed by atoms with Gasteiger partial charge in [-0.05, 0) is 13.8 Å². The van der Waals surface area contributed by atoms with Crippen molar-refractivity contribution in [2.24, 2.45) is 11.3 Å². The van der Waals surface area contributed by atoms with Crippen LogP contribution in [0.5, 0.6) is 0 Å². The second-order valence-corrected chi connectivity index (χ2v) is 4.35. The SMILES string of the molecule is COCCN(CCO)CC(C)(C)C(=O)NN. The van der Waals surface area contributed by atoms with Crippen LogP contribution in [-0.2, 0) is 9.53 Å². The number of aliphatic hydroxyl groups excluding tert-OH is 1. The van der Waals surface area contributed by atoms with Crippen molar-refractivity contribution in [3.8, 4) is 0 Å². The van der Waals surface area contributed by atoms with Crippen LogP contribution in [0.25, 0.3) is 0 Å². The van der Waals surface area contributed by atoms with Gasteiger partial charge in [-0.3, -0.25) is 15.1 Å². The minimum absolute atomic E-state index is 0.0596. The normalized spacial score (nSPS) is 11.9. The first-order valence-electron chi connectivity index (χ1n) is 5.31. The lowest BCUT2D eigenvalue weighted by Gasteiger charge is -2.30. The van der Waals surface area contributed by atoms with Gasteiger partial charge in [-0.1, -0.05) is 0 Å². The van der Waals surface area contributed by atoms with E-state index in [4.69, 9.17) is 15.7 Å². The summed E-state index contributed by atoms with van der Waals surface area (Å²) in [5.74, 6) is 4.90. The number of ether oxygens (including phenoxy) is 1. The standard InChI is InChI=1S/C10H23N3O3/c1-10(2,9(15)12-11)8-13(4-6-14)5-7-16-3/h14H,4-8,11H2,1-3H3,(H,12,15). The molecule has 0 unspecified atom stereocenters. The Labute approximate surface area is 96.7 Å². The van der Waals surface area contributed by atoms with Crippen LogP contribution in [0.4, 0.5) is 0 Å². The largest absolute Gasteiger partial charge is 0.395 e. The van der Waals surface area contributed by atoms with E-state index >= 15 is 0 Å². The summed E-state index contributed by atoms with van der Waals surface area (Å²) in [6.45, 7) is 5.98. The van der Waals surface area contributed by atoms with Gasteiger partial charge in [0.25, 0.3) is 0 Å². The summed E-state index contributed by atoms with van der Waals surface area (Å²) >= 11 is 0. The third-order valence-corrected chi connectivity index (χ3v) is 2.39. The molecule has 16 heavy (non-hydrogen) atoms. The van der Waals surface area contributed by atoms with Crippen molar-refractivity contribution in [3.05, 3.63) is 0 Å². The molecular weight excluding hydrogens is 210 g/mol. The minimum Gasteiger partial charge on any atom is -0.395 e. The highest BCUT2D eigenvalue weighted by Gasteiger charge is 2.29. The van der Waals surface area contributed by atoms with Crippen LogP contribution in [0.1, 0.15) is 13.8 Å². The fourth-order valence-corrected chi connectivity index (χ4v) is 1.46. The molecule has 0 rings (SSSR count). The fraction of sp³-hybridized carbons (Fsp3) is 0.900. The molecule has 0 bridgehead atoms. The van der Waals surface area contributed by atoms with Gasteiger partial charge in [0.2, 0.25) is 5.91 Å². The van der Waals surface area contributed by atoms with Crippen LogP contribution in [0.15, 0.2) is 0 Å². The Balaban J connectivity index is 4.29. The van der Waals surface area contributed by atoms with Crippen LogP contribution in [-0.4, -0.2) is 55.9 Å². The maximum Gasteiger partial charge on any atom is 0.240 e. The summed E-state index contributed by atoms with van der Waals surface area (Å²) in [5, 5.41) is 8.92. The van der Waals surface area contributed by atoms with E-state index in [0.29, 0.717) is 26.2 Å². The monoisotopic (exact) mass is 233 g/mol. The van der Waals surface area contributed by atoms with Crippen molar-refractivity contribution < 1.29 is 14.6 Å². The zero-order valence-corrected chi connectivity index (χ0v) is 10.3. The van der Waals surface area contributed by atoms with E-state index in [1.54, 1.807) is 7.11 Å². The number of rotatable bonds is 8. The Bertz CT molecular complexity index is 209. The van der Waals surface area contributed by atoms with E-state index in [0.717, 1.165) is 0 Å². The third kappa shape index (κ3) is 5.41. The zero-order valence-electron chi connectivity index (χ0n) is 10.3. The molecule has 0 spiro atoms. The van der Waals surface area contributed by atoms with Crippen LogP contribution in [0.3, 0.4) is 0 Å². The zero-order chi connectivity index (χ0) is 12.6. The highest BCUT2D eigenvalue weighted by molar-refractivity contribution is 5.81. The Hall–Kier alpha value is -0.690. The van der Waals surface area contributed by atoms with Crippen LogP contribution in [0, 0.1) is 5.41 Å². The van der Waals surface area contributed by atoms with Gasteiger partial charge in [-0.25, -0.2) is 5.84 Å². The first-order valence-corrected chi connectivity index (χ1v) is 5.31. The molecular formula is C10H23N3O3. The van der Waals surface area contributed by atoms with Gasteiger partial charge in [-0.15, -0.1) is 0 Å². The van der Waals surface area contributed by atoms with Gasteiger partial charge >= 0.3 is 0 Å². The Morgan fingerprint density at radius 2 is 2.12 bits per heavy atom. The number of methoxy groups -OCH3 is 1. The van der Waals surface area contributed by atoms with Gasteiger partial charge < -0.3 is 9.84 Å². The average Bonchev–Trinajstić information content (AvgIpc) is 2.24. The predicted octanol–water partition coefficient (Wildman–Crippen LogP) is -1.06. The number of hydrazine groups is 1. The lowest BCUT2D eigenvalue weighted by molar-refractivity contribution is -0.130. The maximum absolute atomic E-state index is 11.5. The maximum atomic E-state index is 11.5. The van der Waals surface area contributed by atoms with Gasteiger partial charge in [0, 0.05) is 26.7 Å². The van der Waals surface area contributed by atoms with E-state index < -0.39 is 5.41 Å². The third-order valence-electron chi connectivity index (χ3n) is 2.39. The molecule has 0 heterocycles. The van der Waals surface area contributed by atoms with Crippen molar-refractivity contribution in [1.82, 2.24) is 10.3 Å². The summed E-state index contributed by atoms with van der Waals surface area (Å²) in [6, 6.07) is 0. The molecule has 0 aromatic rings. The van der Waals surface area contributed by atoms with E-state index in [1.165, 1.54) is 0 Å². The Kier molecular flexibility index (Phi) is 7.24. The second-order valence-electron chi connectivity index (χ2n) is 4.35. The topological polar surface area (TPSA) is 87.8 Å². The number of hydrogen-bond acceptors (Lipinski definition) is 5. The van der Waals surface area contributed by atoms with Crippen molar-refractivity contribution in [2.75, 3.05) is 40.0 Å². The van der Waals surface area contributed by atoms with Crippen molar-refractivity contribution in [1.29, 1.82) is 0 Å². The Morgan fingerprint density at radius 3 is 2.56 bits per heavy atom. The van der Waals surface area contributed by atoms with Crippen molar-refractivity contribution in [3.63, 3.8) is 0 Å². The molecule has 4 N–H and O–H groups in total. The molecule has 0 aliphatic heterocycles. The van der Waals surface area contributed by atoms with Gasteiger partial charge in [0.1, 0.15) is 0 Å². The summed E-state index contributed by atoms with van der Waals surface area (Å²) in [4.78, 5) is 13.5. The van der Waals surface area contributed by atoms with Crippen molar-refractivity contribution in [2.45, 2.75) is 13.8 Å². The van der Waals surface area contributed by atoms with E-state index in [2.05, 4.69) is 5.43 Å². The predicted molar refractivity (Wildman–Crippen MR) is 61.5 cm³/mol. The number of carbonyl (C=O) groups excluding carboxylic acids is 1. The summed E-state index contributed by atoms with van der Waals surface area (Å²) in [5.41, 5.74) is 1.56. The molecule has 6 heteroatoms. The van der Waals surface area contributed by atoms with Gasteiger partial charge in [0.15, 0.2) is 0 Å². The second kappa shape index (κ2) is 7.56. The molecule has 0 fully saturated rings. The van der Waals surface area contributed by atoms with E-state index in [1.807, 2.05) is 18.7 Å². The van der Waals surface area contributed by atoms with Crippen molar-refractivity contribution >= 4 is 5.91 Å². The van der Waals surface area contributed by atoms with Crippen LogP contribution >= 0.6 is 0 Å². The summed E-state index contributed by atoms with van der Waals surface area (Å²) in [7, 11) is 1.62. The van der Waals surface area contributed by atoms with Gasteiger partial charge in [0.05, 0.1) is 18.6 Å². The molecule has 1 amide bonds. The van der Waals surface area contributed by atoms with Crippen LogP contribution < -0.4 is 11.3 Å².